The predicted octanol–water partition coefficient (Wildman–Crippen LogP) is 2.78. The molecule has 1 aromatic carbocycles. The minimum atomic E-state index is -3.30. The average Bonchev–Trinajstić information content (AvgIpc) is 2.78. The lowest BCUT2D eigenvalue weighted by molar-refractivity contribution is 0.232. The molecule has 166 valence electrons. The maximum absolute atomic E-state index is 11.8. The monoisotopic (exact) mass is 460 g/mol. The number of piperidine rings is 2. The maximum Gasteiger partial charge on any atom is 0.225 e. The zero-order valence-electron chi connectivity index (χ0n) is 18.3. The average molecular weight is 461 g/mol. The van der Waals surface area contributed by atoms with Crippen molar-refractivity contribution in [3.63, 3.8) is 0 Å². The van der Waals surface area contributed by atoms with E-state index in [1.165, 1.54) is 24.6 Å². The number of hydrogen-bond acceptors (Lipinski definition) is 6. The molecule has 2 fully saturated rings. The summed E-state index contributed by atoms with van der Waals surface area (Å²) in [7, 11) is -2.33. The minimum absolute atomic E-state index is 0.202. The van der Waals surface area contributed by atoms with Crippen LogP contribution in [0.2, 0.25) is 11.8 Å². The van der Waals surface area contributed by atoms with Crippen molar-refractivity contribution < 1.29 is 8.42 Å². The van der Waals surface area contributed by atoms with Gasteiger partial charge in [-0.1, -0.05) is 18.4 Å². The summed E-state index contributed by atoms with van der Waals surface area (Å²) in [5.74, 6) is 2.36. The molecule has 2 saturated heterocycles. The Morgan fingerprint density at radius 3 is 2.00 bits per heavy atom. The van der Waals surface area contributed by atoms with Gasteiger partial charge >= 0.3 is 0 Å². The van der Waals surface area contributed by atoms with Crippen molar-refractivity contribution in [2.24, 2.45) is 11.8 Å². The lowest BCUT2D eigenvalue weighted by Crippen LogP contribution is -2.41. The number of anilines is 2. The van der Waals surface area contributed by atoms with Crippen LogP contribution in [0.1, 0.15) is 25.7 Å². The third-order valence-corrected chi connectivity index (χ3v) is 8.39. The first-order chi connectivity index (χ1) is 14.8. The van der Waals surface area contributed by atoms with Gasteiger partial charge in [-0.2, -0.15) is 0 Å². The van der Waals surface area contributed by atoms with E-state index in [2.05, 4.69) is 26.6 Å². The molecule has 2 aromatic rings. The number of rotatable bonds is 5. The van der Waals surface area contributed by atoms with Crippen molar-refractivity contribution in [1.82, 2.24) is 9.97 Å². The summed E-state index contributed by atoms with van der Waals surface area (Å²) in [4.78, 5) is 13.9. The van der Waals surface area contributed by atoms with Gasteiger partial charge in [0.15, 0.2) is 17.1 Å². The fraction of sp³-hybridized carbons (Fsp3) is 0.545. The van der Waals surface area contributed by atoms with Gasteiger partial charge in [-0.05, 0) is 61.2 Å². The summed E-state index contributed by atoms with van der Waals surface area (Å²) in [5, 5.41) is 0.309. The standard InChI is InChI=1S/C22H30BClN4O2S/c1-23-18-14-25-22(26-15-18)28-11-7-17(8-12-28)16-5-9-27(10-6-16)19-3-4-21(20(24)13-19)31(2,29)30/h3-4,13-17,23H,5-12H2,1-2H3. The summed E-state index contributed by atoms with van der Waals surface area (Å²) in [5.41, 5.74) is 2.19. The van der Waals surface area contributed by atoms with E-state index in [0.717, 1.165) is 69.8 Å². The highest BCUT2D eigenvalue weighted by atomic mass is 35.5. The molecule has 1 aromatic heterocycles. The van der Waals surface area contributed by atoms with Crippen LogP contribution in [0.15, 0.2) is 35.5 Å². The van der Waals surface area contributed by atoms with Crippen LogP contribution in [0.4, 0.5) is 11.6 Å². The third-order valence-electron chi connectivity index (χ3n) is 6.81. The van der Waals surface area contributed by atoms with E-state index in [0.29, 0.717) is 5.02 Å². The highest BCUT2D eigenvalue weighted by molar-refractivity contribution is 7.90. The predicted molar refractivity (Wildman–Crippen MR) is 129 cm³/mol. The maximum atomic E-state index is 11.8. The molecule has 0 amide bonds. The molecule has 31 heavy (non-hydrogen) atoms. The zero-order chi connectivity index (χ0) is 22.0. The first kappa shape index (κ1) is 22.4. The Labute approximate surface area is 191 Å². The Balaban J connectivity index is 1.30. The number of benzene rings is 1. The van der Waals surface area contributed by atoms with E-state index >= 15 is 0 Å². The molecule has 0 saturated carbocycles. The highest BCUT2D eigenvalue weighted by Crippen LogP contribution is 2.35. The van der Waals surface area contributed by atoms with Gasteiger partial charge in [0.05, 0.1) is 9.92 Å². The minimum Gasteiger partial charge on any atom is -0.371 e. The van der Waals surface area contributed by atoms with Gasteiger partial charge in [0.1, 0.15) is 0 Å². The number of sulfone groups is 1. The lowest BCUT2D eigenvalue weighted by atomic mass is 9.75. The Morgan fingerprint density at radius 1 is 0.968 bits per heavy atom. The largest absolute Gasteiger partial charge is 0.371 e. The van der Waals surface area contributed by atoms with Crippen molar-refractivity contribution in [3.05, 3.63) is 35.6 Å². The molecule has 0 N–H and O–H groups in total. The van der Waals surface area contributed by atoms with Gasteiger partial charge in [-0.3, -0.25) is 0 Å². The van der Waals surface area contributed by atoms with Crippen LogP contribution in [0, 0.1) is 11.8 Å². The Kier molecular flexibility index (Phi) is 6.77. The Bertz CT molecular complexity index is 1000. The first-order valence-corrected chi connectivity index (χ1v) is 13.4. The quantitative estimate of drug-likeness (QED) is 0.639. The fourth-order valence-electron chi connectivity index (χ4n) is 4.88. The molecule has 0 bridgehead atoms. The zero-order valence-corrected chi connectivity index (χ0v) is 19.9. The molecule has 6 nitrogen and oxygen atoms in total. The van der Waals surface area contributed by atoms with Gasteiger partial charge < -0.3 is 9.80 Å². The lowest BCUT2D eigenvalue weighted by Gasteiger charge is -2.41. The van der Waals surface area contributed by atoms with Crippen LogP contribution in [-0.4, -0.2) is 58.1 Å². The molecule has 9 heteroatoms. The molecule has 3 heterocycles. The van der Waals surface area contributed by atoms with E-state index in [1.807, 2.05) is 18.5 Å². The molecule has 2 aliphatic heterocycles. The van der Waals surface area contributed by atoms with E-state index in [4.69, 9.17) is 11.6 Å². The second-order valence-electron chi connectivity index (χ2n) is 8.78. The number of halogens is 1. The summed E-state index contributed by atoms with van der Waals surface area (Å²) in [6, 6.07) is 5.30. The van der Waals surface area contributed by atoms with Crippen molar-refractivity contribution >= 4 is 45.8 Å². The molecule has 2 aliphatic rings. The van der Waals surface area contributed by atoms with Crippen LogP contribution in [0.3, 0.4) is 0 Å². The van der Waals surface area contributed by atoms with Crippen LogP contribution in [0.25, 0.3) is 0 Å². The topological polar surface area (TPSA) is 66.4 Å². The summed E-state index contributed by atoms with van der Waals surface area (Å²) in [6.45, 7) is 6.15. The molecule has 4 rings (SSSR count). The van der Waals surface area contributed by atoms with E-state index in [-0.39, 0.29) is 4.90 Å². The van der Waals surface area contributed by atoms with Crippen molar-refractivity contribution in [1.29, 1.82) is 0 Å². The Morgan fingerprint density at radius 2 is 1.52 bits per heavy atom. The molecule has 0 atom stereocenters. The normalized spacial score (nSPS) is 18.9. The van der Waals surface area contributed by atoms with Gasteiger partial charge in [0.2, 0.25) is 5.95 Å². The number of aromatic nitrogens is 2. The van der Waals surface area contributed by atoms with Crippen LogP contribution < -0.4 is 15.3 Å². The van der Waals surface area contributed by atoms with E-state index in [1.54, 1.807) is 12.1 Å². The van der Waals surface area contributed by atoms with E-state index in [9.17, 15) is 8.42 Å². The summed E-state index contributed by atoms with van der Waals surface area (Å²) < 4.78 is 23.6. The van der Waals surface area contributed by atoms with E-state index < -0.39 is 9.84 Å². The fourth-order valence-corrected chi connectivity index (χ4v) is 6.20. The van der Waals surface area contributed by atoms with Crippen molar-refractivity contribution in [2.45, 2.75) is 37.4 Å². The highest BCUT2D eigenvalue weighted by Gasteiger charge is 2.30. The summed E-state index contributed by atoms with van der Waals surface area (Å²) in [6.07, 6.45) is 9.79. The van der Waals surface area contributed by atoms with Crippen molar-refractivity contribution in [3.8, 4) is 0 Å². The van der Waals surface area contributed by atoms with Gasteiger partial charge in [0, 0.05) is 50.5 Å². The number of nitrogens with zero attached hydrogens (tertiary/aromatic N) is 4. The Hall–Kier alpha value is -1.80. The molecule has 0 radical (unpaired) electrons. The molecular weight excluding hydrogens is 431 g/mol. The van der Waals surface area contributed by atoms with Crippen LogP contribution >= 0.6 is 11.6 Å². The van der Waals surface area contributed by atoms with Crippen LogP contribution in [-0.2, 0) is 9.84 Å². The molecular formula is C22H30BClN4O2S. The van der Waals surface area contributed by atoms with Crippen LogP contribution in [0.5, 0.6) is 0 Å². The second-order valence-corrected chi connectivity index (χ2v) is 11.2. The molecule has 0 aliphatic carbocycles. The van der Waals surface area contributed by atoms with Gasteiger partial charge in [-0.25, -0.2) is 18.4 Å². The second kappa shape index (κ2) is 9.37. The summed E-state index contributed by atoms with van der Waals surface area (Å²) >= 11 is 6.24. The van der Waals surface area contributed by atoms with Gasteiger partial charge in [0.25, 0.3) is 0 Å². The van der Waals surface area contributed by atoms with Crippen molar-refractivity contribution in [2.75, 3.05) is 42.2 Å². The number of hydrogen-bond donors (Lipinski definition) is 0. The molecule has 0 spiro atoms. The molecule has 0 unspecified atom stereocenters. The van der Waals surface area contributed by atoms with Gasteiger partial charge in [-0.15, -0.1) is 0 Å². The third kappa shape index (κ3) is 5.17. The first-order valence-electron chi connectivity index (χ1n) is 11.2. The SMILES string of the molecule is CBc1cnc(N2CCC(C3CCN(c4ccc(S(C)(=O)=O)c(Cl)c4)CC3)CC2)nc1. The smallest absolute Gasteiger partial charge is 0.225 e.